The Morgan fingerprint density at radius 2 is 1.63 bits per heavy atom. The molecule has 8 nitrogen and oxygen atoms in total. The second-order valence-corrected chi connectivity index (χ2v) is 11.2. The quantitative estimate of drug-likeness (QED) is 0.114. The standard InChI is InChI=1S/C34H34BrNO7/c1-4-7-17-41-27-15-11-22(19-28(27)40-6-3)30-29-31(37)25-20-23(35)12-16-26(25)43-32(29)33(38)36(30)24-13-9-21(10-14-24)34(39)42-18-8-5-2/h9-16,19-20,30H,4-8,17-18H2,1-3H3. The van der Waals surface area contributed by atoms with Gasteiger partial charge in [-0.1, -0.05) is 48.7 Å². The van der Waals surface area contributed by atoms with E-state index in [0.717, 1.165) is 30.2 Å². The van der Waals surface area contributed by atoms with E-state index in [1.807, 2.05) is 32.0 Å². The molecule has 9 heteroatoms. The Labute approximate surface area is 258 Å². The van der Waals surface area contributed by atoms with Crippen LogP contribution in [0.1, 0.15) is 84.5 Å². The summed E-state index contributed by atoms with van der Waals surface area (Å²) in [5, 5.41) is 0.363. The van der Waals surface area contributed by atoms with Crippen LogP contribution in [0.15, 0.2) is 74.3 Å². The molecule has 1 atom stereocenters. The lowest BCUT2D eigenvalue weighted by Gasteiger charge is -2.26. The predicted molar refractivity (Wildman–Crippen MR) is 168 cm³/mol. The highest BCUT2D eigenvalue weighted by Gasteiger charge is 2.44. The highest BCUT2D eigenvalue weighted by atomic mass is 79.9. The van der Waals surface area contributed by atoms with E-state index in [1.165, 1.54) is 4.90 Å². The van der Waals surface area contributed by atoms with Crippen molar-refractivity contribution in [3.05, 3.63) is 97.8 Å². The molecule has 1 amide bonds. The summed E-state index contributed by atoms with van der Waals surface area (Å²) in [4.78, 5) is 42.1. The van der Waals surface area contributed by atoms with Crippen molar-refractivity contribution in [1.82, 2.24) is 0 Å². The fourth-order valence-corrected chi connectivity index (χ4v) is 5.45. The molecule has 0 N–H and O–H groups in total. The van der Waals surface area contributed by atoms with Gasteiger partial charge in [0.05, 0.1) is 42.4 Å². The maximum Gasteiger partial charge on any atom is 0.338 e. The largest absolute Gasteiger partial charge is 0.490 e. The first kappa shape index (κ1) is 30.4. The number of anilines is 1. The molecule has 0 bridgehead atoms. The zero-order valence-corrected chi connectivity index (χ0v) is 26.1. The summed E-state index contributed by atoms with van der Waals surface area (Å²) in [6.07, 6.45) is 3.59. The van der Waals surface area contributed by atoms with Gasteiger partial charge in [-0.15, -0.1) is 0 Å². The van der Waals surface area contributed by atoms with Gasteiger partial charge >= 0.3 is 5.97 Å². The third kappa shape index (κ3) is 6.18. The van der Waals surface area contributed by atoms with Crippen LogP contribution in [0.3, 0.4) is 0 Å². The first-order valence-electron chi connectivity index (χ1n) is 14.6. The van der Waals surface area contributed by atoms with E-state index in [2.05, 4.69) is 22.9 Å². The van der Waals surface area contributed by atoms with E-state index in [1.54, 1.807) is 42.5 Å². The average molecular weight is 649 g/mol. The van der Waals surface area contributed by atoms with Gasteiger partial charge in [0.25, 0.3) is 5.91 Å². The molecule has 0 spiro atoms. The summed E-state index contributed by atoms with van der Waals surface area (Å²) >= 11 is 3.44. The smallest absolute Gasteiger partial charge is 0.338 e. The summed E-state index contributed by atoms with van der Waals surface area (Å²) < 4.78 is 24.1. The number of amides is 1. The molecule has 1 unspecified atom stereocenters. The Kier molecular flexibility index (Phi) is 9.50. The van der Waals surface area contributed by atoms with E-state index >= 15 is 0 Å². The summed E-state index contributed by atoms with van der Waals surface area (Å²) in [6, 6.07) is 16.4. The normalized spacial score (nSPS) is 14.2. The average Bonchev–Trinajstić information content (AvgIpc) is 3.30. The number of carbonyl (C=O) groups excluding carboxylic acids is 2. The van der Waals surface area contributed by atoms with Gasteiger partial charge < -0.3 is 18.6 Å². The Hall–Kier alpha value is -4.11. The lowest BCUT2D eigenvalue weighted by Crippen LogP contribution is -2.29. The van der Waals surface area contributed by atoms with Gasteiger partial charge in [0.15, 0.2) is 16.9 Å². The molecular weight excluding hydrogens is 614 g/mol. The highest BCUT2D eigenvalue weighted by Crippen LogP contribution is 2.43. The van der Waals surface area contributed by atoms with Crippen molar-refractivity contribution in [1.29, 1.82) is 0 Å². The molecule has 5 rings (SSSR count). The lowest BCUT2D eigenvalue weighted by atomic mass is 9.97. The van der Waals surface area contributed by atoms with Crippen LogP contribution >= 0.6 is 15.9 Å². The van der Waals surface area contributed by atoms with Crippen molar-refractivity contribution >= 4 is 44.5 Å². The molecule has 1 aromatic heterocycles. The van der Waals surface area contributed by atoms with Crippen LogP contribution in [0.25, 0.3) is 11.0 Å². The second-order valence-electron chi connectivity index (χ2n) is 10.3. The predicted octanol–water partition coefficient (Wildman–Crippen LogP) is 7.84. The fourth-order valence-electron chi connectivity index (χ4n) is 5.09. The fraction of sp³-hybridized carbons (Fsp3) is 0.324. The van der Waals surface area contributed by atoms with E-state index in [-0.39, 0.29) is 16.8 Å². The Morgan fingerprint density at radius 1 is 0.884 bits per heavy atom. The minimum absolute atomic E-state index is 0.0193. The summed E-state index contributed by atoms with van der Waals surface area (Å²) in [7, 11) is 0. The third-order valence-corrected chi connectivity index (χ3v) is 7.78. The Morgan fingerprint density at radius 3 is 2.35 bits per heavy atom. The molecule has 0 fully saturated rings. The highest BCUT2D eigenvalue weighted by molar-refractivity contribution is 9.10. The first-order chi connectivity index (χ1) is 20.9. The number of benzene rings is 3. The number of esters is 1. The molecular formula is C34H34BrNO7. The van der Waals surface area contributed by atoms with E-state index < -0.39 is 17.9 Å². The number of hydrogen-bond donors (Lipinski definition) is 0. The number of nitrogens with zero attached hydrogens (tertiary/aromatic N) is 1. The van der Waals surface area contributed by atoms with Crippen LogP contribution in [0.5, 0.6) is 11.5 Å². The molecule has 2 heterocycles. The summed E-state index contributed by atoms with van der Waals surface area (Å²) in [5.41, 5.74) is 1.79. The Bertz CT molecular complexity index is 1700. The number of hydrogen-bond acceptors (Lipinski definition) is 7. The van der Waals surface area contributed by atoms with Crippen LogP contribution in [-0.4, -0.2) is 31.7 Å². The zero-order valence-electron chi connectivity index (χ0n) is 24.5. The number of halogens is 1. The lowest BCUT2D eigenvalue weighted by molar-refractivity contribution is 0.0499. The summed E-state index contributed by atoms with van der Waals surface area (Å²) in [6.45, 7) is 7.30. The molecule has 43 heavy (non-hydrogen) atoms. The maximum absolute atomic E-state index is 14.0. The molecule has 224 valence electrons. The summed E-state index contributed by atoms with van der Waals surface area (Å²) in [5.74, 6) is 0.211. The second kappa shape index (κ2) is 13.5. The number of carbonyl (C=O) groups is 2. The molecule has 4 aromatic rings. The van der Waals surface area contributed by atoms with Gasteiger partial charge in [-0.3, -0.25) is 14.5 Å². The number of ether oxygens (including phenoxy) is 3. The molecule has 1 aliphatic heterocycles. The van der Waals surface area contributed by atoms with Gasteiger partial charge in [0, 0.05) is 10.2 Å². The van der Waals surface area contributed by atoms with Crippen LogP contribution in [0, 0.1) is 0 Å². The van der Waals surface area contributed by atoms with Crippen LogP contribution in [0.4, 0.5) is 5.69 Å². The van der Waals surface area contributed by atoms with Gasteiger partial charge in [-0.2, -0.15) is 0 Å². The van der Waals surface area contributed by atoms with Crippen molar-refractivity contribution in [2.75, 3.05) is 24.7 Å². The number of fused-ring (bicyclic) bond motifs is 2. The minimum atomic E-state index is -0.812. The SMILES string of the molecule is CCCCOC(=O)c1ccc(N2C(=O)c3oc4ccc(Br)cc4c(=O)c3C2c2ccc(OCCCC)c(OCC)c2)cc1. The van der Waals surface area contributed by atoms with Crippen molar-refractivity contribution in [2.45, 2.75) is 52.5 Å². The molecule has 0 radical (unpaired) electrons. The third-order valence-electron chi connectivity index (χ3n) is 7.28. The topological polar surface area (TPSA) is 95.3 Å². The van der Waals surface area contributed by atoms with Crippen molar-refractivity contribution in [2.24, 2.45) is 0 Å². The van der Waals surface area contributed by atoms with Crippen LogP contribution < -0.4 is 19.8 Å². The molecule has 0 aliphatic carbocycles. The Balaban J connectivity index is 1.62. The monoisotopic (exact) mass is 647 g/mol. The molecule has 0 saturated heterocycles. The molecule has 1 aliphatic rings. The van der Waals surface area contributed by atoms with E-state index in [4.69, 9.17) is 18.6 Å². The van der Waals surface area contributed by atoms with E-state index in [0.29, 0.717) is 59.1 Å². The van der Waals surface area contributed by atoms with Gasteiger partial charge in [0.1, 0.15) is 5.58 Å². The van der Waals surface area contributed by atoms with Gasteiger partial charge in [0.2, 0.25) is 5.76 Å². The van der Waals surface area contributed by atoms with Crippen molar-refractivity contribution in [3.8, 4) is 11.5 Å². The molecule has 3 aromatic carbocycles. The van der Waals surface area contributed by atoms with Crippen LogP contribution in [0.2, 0.25) is 0 Å². The maximum atomic E-state index is 14.0. The number of rotatable bonds is 12. The van der Waals surface area contributed by atoms with Crippen molar-refractivity contribution in [3.63, 3.8) is 0 Å². The van der Waals surface area contributed by atoms with Crippen molar-refractivity contribution < 1.29 is 28.2 Å². The minimum Gasteiger partial charge on any atom is -0.490 e. The van der Waals surface area contributed by atoms with Crippen LogP contribution in [-0.2, 0) is 4.74 Å². The molecule has 0 saturated carbocycles. The first-order valence-corrected chi connectivity index (χ1v) is 15.4. The van der Waals surface area contributed by atoms with E-state index in [9.17, 15) is 14.4 Å². The zero-order chi connectivity index (χ0) is 30.5. The number of unbranched alkanes of at least 4 members (excludes halogenated alkanes) is 2. The van der Waals surface area contributed by atoms with Gasteiger partial charge in [-0.05, 0) is 79.9 Å². The van der Waals surface area contributed by atoms with Gasteiger partial charge in [-0.25, -0.2) is 4.79 Å².